The van der Waals surface area contributed by atoms with Crippen molar-refractivity contribution in [3.8, 4) is 6.07 Å². The van der Waals surface area contributed by atoms with Crippen molar-refractivity contribution in [3.05, 3.63) is 34.4 Å². The van der Waals surface area contributed by atoms with E-state index in [1.807, 2.05) is 18.2 Å². The molecular formula is C15H14BrN3O. The molecule has 0 N–H and O–H groups in total. The number of nitrogens with zero attached hydrogens (tertiary/aromatic N) is 3. The number of pyridine rings is 1. The number of anilines is 1. The highest BCUT2D eigenvalue weighted by Gasteiger charge is 2.24. The van der Waals surface area contributed by atoms with Gasteiger partial charge in [-0.3, -0.25) is 4.98 Å². The topological polar surface area (TPSA) is 49.1 Å². The third-order valence-electron chi connectivity index (χ3n) is 3.58. The summed E-state index contributed by atoms with van der Waals surface area (Å²) in [4.78, 5) is 6.62. The molecule has 1 aliphatic heterocycles. The Hall–Kier alpha value is -1.64. The standard InChI is InChI=1S/C15H14BrN3O/c1-10-9-20-5-4-19(10)15-11(7-17)8-18-14-3-2-12(16)6-13(14)15/h2-3,6,8,10H,4-5,9H2,1H3/t10-/m1/s1. The van der Waals surface area contributed by atoms with Crippen molar-refractivity contribution in [2.45, 2.75) is 13.0 Å². The Morgan fingerprint density at radius 2 is 2.35 bits per heavy atom. The molecule has 1 fully saturated rings. The zero-order valence-corrected chi connectivity index (χ0v) is 12.7. The van der Waals surface area contributed by atoms with E-state index >= 15 is 0 Å². The minimum absolute atomic E-state index is 0.250. The summed E-state index contributed by atoms with van der Waals surface area (Å²) in [6.45, 7) is 4.28. The number of ether oxygens (including phenoxy) is 1. The van der Waals surface area contributed by atoms with E-state index in [4.69, 9.17) is 4.74 Å². The fourth-order valence-corrected chi connectivity index (χ4v) is 2.96. The number of halogens is 1. The van der Waals surface area contributed by atoms with Gasteiger partial charge in [-0.05, 0) is 25.1 Å². The van der Waals surface area contributed by atoms with Crippen LogP contribution in [-0.4, -0.2) is 30.8 Å². The highest BCUT2D eigenvalue weighted by molar-refractivity contribution is 9.10. The molecule has 2 heterocycles. The number of morpholine rings is 1. The van der Waals surface area contributed by atoms with Gasteiger partial charge in [0.1, 0.15) is 6.07 Å². The number of hydrogen-bond donors (Lipinski definition) is 0. The molecule has 4 nitrogen and oxygen atoms in total. The van der Waals surface area contributed by atoms with Crippen LogP contribution < -0.4 is 4.90 Å². The molecule has 102 valence electrons. The number of rotatable bonds is 1. The summed E-state index contributed by atoms with van der Waals surface area (Å²) in [5, 5.41) is 10.4. The first-order valence-electron chi connectivity index (χ1n) is 6.53. The number of fused-ring (bicyclic) bond motifs is 1. The smallest absolute Gasteiger partial charge is 0.103 e. The van der Waals surface area contributed by atoms with Crippen LogP contribution in [0.2, 0.25) is 0 Å². The van der Waals surface area contributed by atoms with Gasteiger partial charge >= 0.3 is 0 Å². The zero-order chi connectivity index (χ0) is 14.1. The molecule has 1 aromatic heterocycles. The predicted molar refractivity (Wildman–Crippen MR) is 81.8 cm³/mol. The zero-order valence-electron chi connectivity index (χ0n) is 11.1. The molecule has 1 saturated heterocycles. The lowest BCUT2D eigenvalue weighted by atomic mass is 10.1. The minimum atomic E-state index is 0.250. The van der Waals surface area contributed by atoms with Gasteiger partial charge < -0.3 is 9.64 Å². The second-order valence-corrected chi connectivity index (χ2v) is 5.83. The summed E-state index contributed by atoms with van der Waals surface area (Å²) in [5.74, 6) is 0. The number of hydrogen-bond acceptors (Lipinski definition) is 4. The molecule has 1 aromatic carbocycles. The van der Waals surface area contributed by atoms with Crippen LogP contribution in [0, 0.1) is 11.3 Å². The van der Waals surface area contributed by atoms with Gasteiger partial charge in [-0.25, -0.2) is 0 Å². The number of benzene rings is 1. The predicted octanol–water partition coefficient (Wildman–Crippen LogP) is 3.09. The fraction of sp³-hybridized carbons (Fsp3) is 0.333. The van der Waals surface area contributed by atoms with Crippen LogP contribution in [0.1, 0.15) is 12.5 Å². The third-order valence-corrected chi connectivity index (χ3v) is 4.07. The fourth-order valence-electron chi connectivity index (χ4n) is 2.60. The van der Waals surface area contributed by atoms with Gasteiger partial charge in [0, 0.05) is 28.6 Å². The largest absolute Gasteiger partial charge is 0.377 e. The maximum absolute atomic E-state index is 9.40. The van der Waals surface area contributed by atoms with Crippen LogP contribution in [-0.2, 0) is 4.74 Å². The van der Waals surface area contributed by atoms with Gasteiger partial charge in [0.2, 0.25) is 0 Å². The van der Waals surface area contributed by atoms with Crippen LogP contribution in [0.15, 0.2) is 28.9 Å². The van der Waals surface area contributed by atoms with Crippen molar-refractivity contribution < 1.29 is 4.74 Å². The molecule has 0 unspecified atom stereocenters. The lowest BCUT2D eigenvalue weighted by Gasteiger charge is -2.36. The Labute approximate surface area is 126 Å². The summed E-state index contributed by atoms with van der Waals surface area (Å²) in [6.07, 6.45) is 1.66. The molecule has 0 saturated carbocycles. The summed E-state index contributed by atoms with van der Waals surface area (Å²) in [5.41, 5.74) is 2.49. The molecule has 0 amide bonds. The van der Waals surface area contributed by atoms with Gasteiger partial charge in [0.25, 0.3) is 0 Å². The van der Waals surface area contributed by atoms with Crippen LogP contribution >= 0.6 is 15.9 Å². The van der Waals surface area contributed by atoms with Crippen molar-refractivity contribution in [2.24, 2.45) is 0 Å². The molecule has 0 aliphatic carbocycles. The Morgan fingerprint density at radius 3 is 3.10 bits per heavy atom. The molecule has 20 heavy (non-hydrogen) atoms. The average molecular weight is 332 g/mol. The molecule has 2 aromatic rings. The van der Waals surface area contributed by atoms with E-state index in [1.165, 1.54) is 0 Å². The molecular weight excluding hydrogens is 318 g/mol. The SMILES string of the molecule is C[C@@H]1COCCN1c1c(C#N)cnc2ccc(Br)cc12. The van der Waals surface area contributed by atoms with E-state index in [0.717, 1.165) is 27.6 Å². The van der Waals surface area contributed by atoms with Crippen LogP contribution in [0.3, 0.4) is 0 Å². The van der Waals surface area contributed by atoms with Crippen molar-refractivity contribution in [3.63, 3.8) is 0 Å². The van der Waals surface area contributed by atoms with E-state index in [0.29, 0.717) is 18.8 Å². The van der Waals surface area contributed by atoms with Gasteiger partial charge in [-0.1, -0.05) is 15.9 Å². The van der Waals surface area contributed by atoms with E-state index in [9.17, 15) is 5.26 Å². The van der Waals surface area contributed by atoms with Crippen molar-refractivity contribution in [2.75, 3.05) is 24.7 Å². The van der Waals surface area contributed by atoms with Crippen molar-refractivity contribution in [1.29, 1.82) is 5.26 Å². The minimum Gasteiger partial charge on any atom is -0.377 e. The Bertz CT molecular complexity index is 695. The van der Waals surface area contributed by atoms with E-state index < -0.39 is 0 Å². The summed E-state index contributed by atoms with van der Waals surface area (Å²) in [7, 11) is 0. The quantitative estimate of drug-likeness (QED) is 0.805. The monoisotopic (exact) mass is 331 g/mol. The maximum Gasteiger partial charge on any atom is 0.103 e. The van der Waals surface area contributed by atoms with Gasteiger partial charge in [-0.15, -0.1) is 0 Å². The summed E-state index contributed by atoms with van der Waals surface area (Å²) < 4.78 is 6.48. The molecule has 1 aliphatic rings. The number of nitriles is 1. The van der Waals surface area contributed by atoms with Crippen LogP contribution in [0.5, 0.6) is 0 Å². The Kier molecular flexibility index (Phi) is 3.60. The van der Waals surface area contributed by atoms with Crippen LogP contribution in [0.4, 0.5) is 5.69 Å². The maximum atomic E-state index is 9.40. The number of aromatic nitrogens is 1. The Morgan fingerprint density at radius 1 is 1.50 bits per heavy atom. The van der Waals surface area contributed by atoms with E-state index in [2.05, 4.69) is 38.8 Å². The van der Waals surface area contributed by atoms with Gasteiger partial charge in [0.05, 0.1) is 30.0 Å². The summed E-state index contributed by atoms with van der Waals surface area (Å²) >= 11 is 3.50. The van der Waals surface area contributed by atoms with Gasteiger partial charge in [-0.2, -0.15) is 5.26 Å². The Balaban J connectivity index is 2.25. The normalized spacial score (nSPS) is 19.1. The lowest BCUT2D eigenvalue weighted by molar-refractivity contribution is 0.0990. The summed E-state index contributed by atoms with van der Waals surface area (Å²) in [6, 6.07) is 8.48. The van der Waals surface area contributed by atoms with E-state index in [-0.39, 0.29) is 6.04 Å². The second-order valence-electron chi connectivity index (χ2n) is 4.91. The highest BCUT2D eigenvalue weighted by atomic mass is 79.9. The van der Waals surface area contributed by atoms with E-state index in [1.54, 1.807) is 6.20 Å². The second kappa shape index (κ2) is 5.39. The van der Waals surface area contributed by atoms with Gasteiger partial charge in [0.15, 0.2) is 0 Å². The average Bonchev–Trinajstić information content (AvgIpc) is 2.47. The molecule has 0 spiro atoms. The van der Waals surface area contributed by atoms with Crippen LogP contribution in [0.25, 0.3) is 10.9 Å². The molecule has 3 rings (SSSR count). The van der Waals surface area contributed by atoms with Crippen molar-refractivity contribution in [1.82, 2.24) is 4.98 Å². The first kappa shape index (κ1) is 13.3. The molecule has 5 heteroatoms. The first-order chi connectivity index (χ1) is 9.70. The first-order valence-corrected chi connectivity index (χ1v) is 7.33. The van der Waals surface area contributed by atoms with Crippen molar-refractivity contribution >= 4 is 32.5 Å². The highest BCUT2D eigenvalue weighted by Crippen LogP contribution is 2.33. The molecule has 0 bridgehead atoms. The molecule has 1 atom stereocenters. The molecule has 0 radical (unpaired) electrons. The third kappa shape index (κ3) is 2.26. The lowest BCUT2D eigenvalue weighted by Crippen LogP contribution is -2.44.